The summed E-state index contributed by atoms with van der Waals surface area (Å²) in [5, 5.41) is 32.4. The van der Waals surface area contributed by atoms with E-state index in [1.807, 2.05) is 19.1 Å². The van der Waals surface area contributed by atoms with E-state index in [1.54, 1.807) is 0 Å². The second-order valence-electron chi connectivity index (χ2n) is 6.74. The predicted molar refractivity (Wildman–Crippen MR) is 100 cm³/mol. The van der Waals surface area contributed by atoms with Crippen LogP contribution >= 0.6 is 12.2 Å². The normalized spacial score (nSPS) is 27.4. The maximum Gasteiger partial charge on any atom is 0.303 e. The molecule has 1 rings (SSSR count). The molecule has 0 heterocycles. The molecule has 1 saturated carbocycles. The van der Waals surface area contributed by atoms with Gasteiger partial charge in [0.2, 0.25) is 0 Å². The van der Waals surface area contributed by atoms with Crippen LogP contribution in [0.5, 0.6) is 0 Å². The molecule has 7 heteroatoms. The Morgan fingerprint density at radius 2 is 2.00 bits per heavy atom. The summed E-state index contributed by atoms with van der Waals surface area (Å²) in [7, 11) is 0. The fourth-order valence-electron chi connectivity index (χ4n) is 2.99. The fraction of sp³-hybridized carbons (Fsp3) is 0.778. The van der Waals surface area contributed by atoms with Crippen molar-refractivity contribution in [1.29, 1.82) is 0 Å². The number of rotatable bonds is 10. The van der Waals surface area contributed by atoms with Crippen LogP contribution in [0.1, 0.15) is 52.4 Å². The molecule has 0 aromatic carbocycles. The Kier molecular flexibility index (Phi) is 10.0. The number of hydrogen-bond donors (Lipinski definition) is 4. The van der Waals surface area contributed by atoms with E-state index >= 15 is 0 Å². The van der Waals surface area contributed by atoms with Crippen LogP contribution in [-0.2, 0) is 9.53 Å². The van der Waals surface area contributed by atoms with Crippen molar-refractivity contribution in [3.05, 3.63) is 12.2 Å². The number of thiocarbonyl (C=S) groups is 1. The Bertz CT molecular complexity index is 457. The van der Waals surface area contributed by atoms with Crippen molar-refractivity contribution in [2.75, 3.05) is 6.61 Å². The molecule has 6 nitrogen and oxygen atoms in total. The summed E-state index contributed by atoms with van der Waals surface area (Å²) in [6.07, 6.45) is 6.09. The van der Waals surface area contributed by atoms with E-state index in [2.05, 4.69) is 12.2 Å². The minimum absolute atomic E-state index is 0.0860. The summed E-state index contributed by atoms with van der Waals surface area (Å²) in [6, 6.07) is 0.233. The lowest BCUT2D eigenvalue weighted by molar-refractivity contribution is -0.137. The number of hydrogen-bond acceptors (Lipinski definition) is 5. The summed E-state index contributed by atoms with van der Waals surface area (Å²) < 4.78 is 5.58. The van der Waals surface area contributed by atoms with Gasteiger partial charge in [0.25, 0.3) is 5.17 Å². The average molecular weight is 374 g/mol. The number of carboxylic acid groups (broad SMARTS) is 1. The van der Waals surface area contributed by atoms with Crippen LogP contribution in [0.3, 0.4) is 0 Å². The smallest absolute Gasteiger partial charge is 0.303 e. The van der Waals surface area contributed by atoms with Crippen LogP contribution in [0.4, 0.5) is 0 Å². The molecule has 0 aromatic rings. The van der Waals surface area contributed by atoms with E-state index in [0.717, 1.165) is 6.42 Å². The highest BCUT2D eigenvalue weighted by molar-refractivity contribution is 7.80. The Morgan fingerprint density at radius 3 is 2.64 bits per heavy atom. The fourth-order valence-corrected chi connectivity index (χ4v) is 3.26. The van der Waals surface area contributed by atoms with Crippen molar-refractivity contribution in [1.82, 2.24) is 5.32 Å². The first-order valence-electron chi connectivity index (χ1n) is 9.01. The molecule has 0 saturated heterocycles. The summed E-state index contributed by atoms with van der Waals surface area (Å²) in [6.45, 7) is 4.34. The van der Waals surface area contributed by atoms with Gasteiger partial charge in [-0.1, -0.05) is 19.1 Å². The zero-order valence-corrected chi connectivity index (χ0v) is 15.9. The number of aliphatic carboxylic acids is 1. The maximum atomic E-state index is 10.5. The Balaban J connectivity index is 2.43. The van der Waals surface area contributed by atoms with Crippen molar-refractivity contribution in [2.45, 2.75) is 70.6 Å². The van der Waals surface area contributed by atoms with Gasteiger partial charge in [0.1, 0.15) is 0 Å². The van der Waals surface area contributed by atoms with Crippen molar-refractivity contribution in [3.8, 4) is 0 Å². The topological polar surface area (TPSA) is 99.0 Å². The molecule has 1 fully saturated rings. The predicted octanol–water partition coefficient (Wildman–Crippen LogP) is 2.24. The molecule has 0 bridgehead atoms. The van der Waals surface area contributed by atoms with E-state index in [4.69, 9.17) is 22.1 Å². The lowest BCUT2D eigenvalue weighted by Gasteiger charge is -2.23. The zero-order valence-electron chi connectivity index (χ0n) is 15.1. The van der Waals surface area contributed by atoms with Crippen LogP contribution in [-0.4, -0.2) is 51.3 Å². The molecule has 5 atom stereocenters. The number of allylic oxidation sites excluding steroid dienone is 2. The van der Waals surface area contributed by atoms with Gasteiger partial charge in [-0.2, -0.15) is 0 Å². The molecule has 1 unspecified atom stereocenters. The molecular weight excluding hydrogens is 342 g/mol. The van der Waals surface area contributed by atoms with E-state index in [1.165, 1.54) is 0 Å². The summed E-state index contributed by atoms with van der Waals surface area (Å²) in [4.78, 5) is 10.5. The van der Waals surface area contributed by atoms with Crippen LogP contribution < -0.4 is 5.32 Å². The van der Waals surface area contributed by atoms with Gasteiger partial charge in [-0.25, -0.2) is 0 Å². The van der Waals surface area contributed by atoms with Crippen molar-refractivity contribution in [3.63, 3.8) is 0 Å². The highest BCUT2D eigenvalue weighted by Gasteiger charge is 2.41. The molecule has 4 N–H and O–H groups in total. The van der Waals surface area contributed by atoms with Gasteiger partial charge in [-0.15, -0.1) is 0 Å². The maximum absolute atomic E-state index is 10.5. The second kappa shape index (κ2) is 11.4. The molecule has 0 aromatic heterocycles. The van der Waals surface area contributed by atoms with Gasteiger partial charge in [-0.05, 0) is 57.2 Å². The number of nitrogens with one attached hydrogen (secondary N) is 1. The van der Waals surface area contributed by atoms with E-state index in [0.29, 0.717) is 30.9 Å². The quantitative estimate of drug-likeness (QED) is 0.265. The number of aliphatic hydroxyl groups is 2. The first-order chi connectivity index (χ1) is 11.8. The Hall–Kier alpha value is -1.18. The Labute approximate surface area is 155 Å². The lowest BCUT2D eigenvalue weighted by atomic mass is 9.91. The highest BCUT2D eigenvalue weighted by Crippen LogP contribution is 2.35. The number of carboxylic acids is 1. The minimum atomic E-state index is -0.790. The van der Waals surface area contributed by atoms with Gasteiger partial charge < -0.3 is 25.4 Å². The molecule has 144 valence electrons. The Morgan fingerprint density at radius 1 is 1.32 bits per heavy atom. The molecule has 1 aliphatic rings. The third-order valence-electron chi connectivity index (χ3n) is 4.74. The standard InChI is InChI=1S/C18H31NO5S/c1-3-12(2)19-18(25)24-11-14-13(15(20)10-16(14)21)8-6-4-5-7-9-17(22)23/h4,6,12-16,20-21H,3,5,7-11H2,1-2H3,(H,19,25)(H,22,23)/b6-4-/t12?,13-,14-,15+,16-/m1/s1. The van der Waals surface area contributed by atoms with Crippen LogP contribution in [0.25, 0.3) is 0 Å². The van der Waals surface area contributed by atoms with Crippen LogP contribution in [0, 0.1) is 11.8 Å². The highest BCUT2D eigenvalue weighted by atomic mass is 32.1. The zero-order chi connectivity index (χ0) is 18.8. The minimum Gasteiger partial charge on any atom is -0.481 e. The number of carbonyl (C=O) groups is 1. The van der Waals surface area contributed by atoms with E-state index < -0.39 is 18.2 Å². The van der Waals surface area contributed by atoms with Gasteiger partial charge in [-0.3, -0.25) is 4.79 Å². The number of unbranched alkanes of at least 4 members (excludes halogenated alkanes) is 1. The first kappa shape index (κ1) is 21.9. The second-order valence-corrected chi connectivity index (χ2v) is 7.11. The molecular formula is C18H31NO5S. The van der Waals surface area contributed by atoms with Crippen molar-refractivity contribution < 1.29 is 24.9 Å². The van der Waals surface area contributed by atoms with Gasteiger partial charge in [0.05, 0.1) is 18.8 Å². The van der Waals surface area contributed by atoms with Crippen LogP contribution in [0.2, 0.25) is 0 Å². The summed E-state index contributed by atoms with van der Waals surface area (Å²) >= 11 is 5.15. The summed E-state index contributed by atoms with van der Waals surface area (Å²) in [5.74, 6) is -1.05. The molecule has 0 amide bonds. The van der Waals surface area contributed by atoms with Gasteiger partial charge >= 0.3 is 5.97 Å². The SMILES string of the molecule is CCC(C)NC(=S)OC[C@@H]1[C@@H](C/C=C\CCCC(=O)O)[C@@H](O)C[C@H]1O. The summed E-state index contributed by atoms with van der Waals surface area (Å²) in [5.41, 5.74) is 0. The third-order valence-corrected chi connectivity index (χ3v) is 4.98. The molecule has 0 radical (unpaired) electrons. The number of aliphatic hydroxyl groups excluding tert-OH is 2. The lowest BCUT2D eigenvalue weighted by Crippen LogP contribution is -2.35. The van der Waals surface area contributed by atoms with Gasteiger partial charge in [0, 0.05) is 18.4 Å². The molecule has 1 aliphatic carbocycles. The molecule has 25 heavy (non-hydrogen) atoms. The van der Waals surface area contributed by atoms with Gasteiger partial charge in [0.15, 0.2) is 0 Å². The van der Waals surface area contributed by atoms with E-state index in [9.17, 15) is 15.0 Å². The van der Waals surface area contributed by atoms with Crippen molar-refractivity contribution >= 4 is 23.4 Å². The van der Waals surface area contributed by atoms with Crippen LogP contribution in [0.15, 0.2) is 12.2 Å². The largest absolute Gasteiger partial charge is 0.481 e. The molecule has 0 spiro atoms. The van der Waals surface area contributed by atoms with E-state index in [-0.39, 0.29) is 30.9 Å². The molecule has 0 aliphatic heterocycles. The monoisotopic (exact) mass is 373 g/mol. The number of ether oxygens (including phenoxy) is 1. The third kappa shape index (κ3) is 8.16. The van der Waals surface area contributed by atoms with Crippen molar-refractivity contribution in [2.24, 2.45) is 11.8 Å². The average Bonchev–Trinajstić information content (AvgIpc) is 2.81. The first-order valence-corrected chi connectivity index (χ1v) is 9.42.